The van der Waals surface area contributed by atoms with E-state index >= 15 is 0 Å². The van der Waals surface area contributed by atoms with Crippen molar-refractivity contribution in [3.05, 3.63) is 24.2 Å². The second-order valence-electron chi connectivity index (χ2n) is 4.45. The first kappa shape index (κ1) is 10.7. The Labute approximate surface area is 90.8 Å². The molecule has 2 atom stereocenters. The highest BCUT2D eigenvalue weighted by Gasteiger charge is 2.33. The van der Waals surface area contributed by atoms with Crippen molar-refractivity contribution < 1.29 is 9.15 Å². The van der Waals surface area contributed by atoms with Crippen LogP contribution in [0.15, 0.2) is 22.8 Å². The topological polar surface area (TPSA) is 34.4 Å². The zero-order valence-corrected chi connectivity index (χ0v) is 9.45. The fourth-order valence-electron chi connectivity index (χ4n) is 2.20. The third-order valence-corrected chi connectivity index (χ3v) is 2.89. The third-order valence-electron chi connectivity index (χ3n) is 2.89. The van der Waals surface area contributed by atoms with Crippen molar-refractivity contribution in [2.45, 2.75) is 38.4 Å². The number of ether oxygens (including phenoxy) is 1. The van der Waals surface area contributed by atoms with Crippen molar-refractivity contribution in [3.63, 3.8) is 0 Å². The van der Waals surface area contributed by atoms with Gasteiger partial charge in [0.1, 0.15) is 11.9 Å². The Balaban J connectivity index is 2.04. The normalized spacial score (nSPS) is 31.7. The number of morpholine rings is 1. The highest BCUT2D eigenvalue weighted by molar-refractivity contribution is 5.05. The molecule has 2 unspecified atom stereocenters. The molecule has 15 heavy (non-hydrogen) atoms. The summed E-state index contributed by atoms with van der Waals surface area (Å²) in [6.45, 7) is 6.12. The lowest BCUT2D eigenvalue weighted by Crippen LogP contribution is -2.48. The summed E-state index contributed by atoms with van der Waals surface area (Å²) >= 11 is 0. The van der Waals surface area contributed by atoms with Crippen molar-refractivity contribution in [2.75, 3.05) is 13.1 Å². The lowest BCUT2D eigenvalue weighted by molar-refractivity contribution is -0.118. The Morgan fingerprint density at radius 2 is 2.47 bits per heavy atom. The molecule has 0 saturated carbocycles. The van der Waals surface area contributed by atoms with E-state index in [-0.39, 0.29) is 11.7 Å². The molecular formula is C12H19NO2. The van der Waals surface area contributed by atoms with Gasteiger partial charge in [0.25, 0.3) is 0 Å². The summed E-state index contributed by atoms with van der Waals surface area (Å²) in [6, 6.07) is 3.88. The Morgan fingerprint density at radius 1 is 1.60 bits per heavy atom. The van der Waals surface area contributed by atoms with E-state index in [1.54, 1.807) is 6.26 Å². The number of furan rings is 1. The van der Waals surface area contributed by atoms with Gasteiger partial charge in [-0.3, -0.25) is 0 Å². The highest BCUT2D eigenvalue weighted by atomic mass is 16.5. The molecule has 0 radical (unpaired) electrons. The van der Waals surface area contributed by atoms with Crippen LogP contribution in [0.2, 0.25) is 0 Å². The van der Waals surface area contributed by atoms with Gasteiger partial charge in [0, 0.05) is 13.1 Å². The standard InChI is InChI=1S/C12H19NO2/c1-3-6-12(2)9-13-8-11(15-12)10-5-4-7-14-10/h4-5,7,11,13H,3,6,8-9H2,1-2H3. The van der Waals surface area contributed by atoms with Gasteiger partial charge in [-0.2, -0.15) is 0 Å². The Morgan fingerprint density at radius 3 is 3.13 bits per heavy atom. The van der Waals surface area contributed by atoms with Crippen molar-refractivity contribution in [3.8, 4) is 0 Å². The molecule has 0 amide bonds. The Bertz CT molecular complexity index is 293. The van der Waals surface area contributed by atoms with E-state index in [1.165, 1.54) is 0 Å². The SMILES string of the molecule is CCCC1(C)CNCC(c2ccco2)O1. The van der Waals surface area contributed by atoms with Crippen LogP contribution in [-0.4, -0.2) is 18.7 Å². The van der Waals surface area contributed by atoms with Gasteiger partial charge in [-0.1, -0.05) is 13.3 Å². The molecule has 0 aromatic carbocycles. The molecule has 0 aliphatic carbocycles. The second-order valence-corrected chi connectivity index (χ2v) is 4.45. The number of nitrogens with one attached hydrogen (secondary N) is 1. The maximum absolute atomic E-state index is 6.10. The van der Waals surface area contributed by atoms with Gasteiger partial charge in [-0.25, -0.2) is 0 Å². The summed E-state index contributed by atoms with van der Waals surface area (Å²) < 4.78 is 11.5. The van der Waals surface area contributed by atoms with E-state index in [9.17, 15) is 0 Å². The van der Waals surface area contributed by atoms with E-state index in [2.05, 4.69) is 19.2 Å². The van der Waals surface area contributed by atoms with E-state index in [1.807, 2.05) is 12.1 Å². The molecule has 2 heterocycles. The van der Waals surface area contributed by atoms with Crippen LogP contribution in [0.25, 0.3) is 0 Å². The van der Waals surface area contributed by atoms with Crippen molar-refractivity contribution in [1.82, 2.24) is 5.32 Å². The lowest BCUT2D eigenvalue weighted by Gasteiger charge is -2.38. The first-order valence-electron chi connectivity index (χ1n) is 5.65. The van der Waals surface area contributed by atoms with Crippen molar-refractivity contribution in [1.29, 1.82) is 0 Å². The minimum Gasteiger partial charge on any atom is -0.467 e. The molecule has 3 heteroatoms. The van der Waals surface area contributed by atoms with Gasteiger partial charge in [0.2, 0.25) is 0 Å². The summed E-state index contributed by atoms with van der Waals surface area (Å²) in [4.78, 5) is 0. The Kier molecular flexibility index (Phi) is 3.12. The molecule has 1 fully saturated rings. The van der Waals surface area contributed by atoms with Crippen LogP contribution in [0.4, 0.5) is 0 Å². The molecule has 1 aromatic rings. The summed E-state index contributed by atoms with van der Waals surface area (Å²) in [5.41, 5.74) is -0.0511. The molecule has 3 nitrogen and oxygen atoms in total. The number of hydrogen-bond donors (Lipinski definition) is 1. The van der Waals surface area contributed by atoms with Crippen LogP contribution < -0.4 is 5.32 Å². The van der Waals surface area contributed by atoms with Crippen LogP contribution in [0, 0.1) is 0 Å². The summed E-state index contributed by atoms with van der Waals surface area (Å²) in [5, 5.41) is 3.41. The maximum Gasteiger partial charge on any atom is 0.133 e. The average Bonchev–Trinajstić information content (AvgIpc) is 2.70. The predicted octanol–water partition coefficient (Wildman–Crippen LogP) is 2.50. The predicted molar refractivity (Wildman–Crippen MR) is 58.7 cm³/mol. The number of rotatable bonds is 3. The number of hydrogen-bond acceptors (Lipinski definition) is 3. The van der Waals surface area contributed by atoms with Crippen LogP contribution >= 0.6 is 0 Å². The molecule has 1 aromatic heterocycles. The largest absolute Gasteiger partial charge is 0.467 e. The molecule has 0 bridgehead atoms. The molecule has 0 spiro atoms. The summed E-state index contributed by atoms with van der Waals surface area (Å²) in [7, 11) is 0. The minimum absolute atomic E-state index is 0.0511. The van der Waals surface area contributed by atoms with E-state index < -0.39 is 0 Å². The maximum atomic E-state index is 6.10. The third kappa shape index (κ3) is 2.41. The van der Waals surface area contributed by atoms with E-state index in [0.29, 0.717) is 0 Å². The summed E-state index contributed by atoms with van der Waals surface area (Å²) in [6.07, 6.45) is 3.98. The fraction of sp³-hybridized carbons (Fsp3) is 0.667. The van der Waals surface area contributed by atoms with Crippen molar-refractivity contribution >= 4 is 0 Å². The molecule has 1 aliphatic rings. The van der Waals surface area contributed by atoms with E-state index in [0.717, 1.165) is 31.7 Å². The molecule has 2 rings (SSSR count). The monoisotopic (exact) mass is 209 g/mol. The fourth-order valence-corrected chi connectivity index (χ4v) is 2.20. The Hall–Kier alpha value is -0.800. The average molecular weight is 209 g/mol. The highest BCUT2D eigenvalue weighted by Crippen LogP contribution is 2.30. The molecule has 1 N–H and O–H groups in total. The zero-order chi connectivity index (χ0) is 10.7. The lowest BCUT2D eigenvalue weighted by atomic mass is 9.97. The van der Waals surface area contributed by atoms with Gasteiger partial charge in [0.15, 0.2) is 0 Å². The second kappa shape index (κ2) is 4.37. The molecule has 1 saturated heterocycles. The van der Waals surface area contributed by atoms with Crippen LogP contribution in [0.1, 0.15) is 38.6 Å². The minimum atomic E-state index is -0.0511. The first-order chi connectivity index (χ1) is 7.23. The summed E-state index contributed by atoms with van der Waals surface area (Å²) in [5.74, 6) is 0.921. The smallest absolute Gasteiger partial charge is 0.133 e. The zero-order valence-electron chi connectivity index (χ0n) is 9.45. The van der Waals surface area contributed by atoms with Crippen LogP contribution in [0.3, 0.4) is 0 Å². The van der Waals surface area contributed by atoms with Gasteiger partial charge in [-0.05, 0) is 25.5 Å². The first-order valence-corrected chi connectivity index (χ1v) is 5.65. The van der Waals surface area contributed by atoms with Crippen LogP contribution in [-0.2, 0) is 4.74 Å². The van der Waals surface area contributed by atoms with Gasteiger partial charge in [-0.15, -0.1) is 0 Å². The quantitative estimate of drug-likeness (QED) is 0.830. The molecule has 84 valence electrons. The van der Waals surface area contributed by atoms with E-state index in [4.69, 9.17) is 9.15 Å². The van der Waals surface area contributed by atoms with Crippen molar-refractivity contribution in [2.24, 2.45) is 0 Å². The van der Waals surface area contributed by atoms with Gasteiger partial charge >= 0.3 is 0 Å². The van der Waals surface area contributed by atoms with Crippen LogP contribution in [0.5, 0.6) is 0 Å². The molecular weight excluding hydrogens is 190 g/mol. The molecule has 1 aliphatic heterocycles. The van der Waals surface area contributed by atoms with Gasteiger partial charge < -0.3 is 14.5 Å². The van der Waals surface area contributed by atoms with Gasteiger partial charge in [0.05, 0.1) is 11.9 Å².